The molecule has 0 aliphatic carbocycles. The van der Waals surface area contributed by atoms with E-state index in [0.29, 0.717) is 11.3 Å². The van der Waals surface area contributed by atoms with E-state index in [1.807, 2.05) is 19.0 Å². The van der Waals surface area contributed by atoms with Gasteiger partial charge in [-0.1, -0.05) is 6.07 Å². The van der Waals surface area contributed by atoms with Gasteiger partial charge in [0.05, 0.1) is 6.57 Å². The van der Waals surface area contributed by atoms with Crippen molar-refractivity contribution in [2.24, 2.45) is 0 Å². The molecule has 0 spiro atoms. The quantitative estimate of drug-likeness (QED) is 0.506. The third-order valence-corrected chi connectivity index (χ3v) is 1.74. The van der Waals surface area contributed by atoms with Crippen molar-refractivity contribution in [3.8, 4) is 0 Å². The molecular weight excluding hydrogens is 164 g/mol. The van der Waals surface area contributed by atoms with Gasteiger partial charge < -0.3 is 4.90 Å². The van der Waals surface area contributed by atoms with Crippen molar-refractivity contribution in [3.63, 3.8) is 0 Å². The maximum atomic E-state index is 10.4. The molecule has 0 bridgehead atoms. The van der Waals surface area contributed by atoms with Crippen molar-refractivity contribution in [1.82, 2.24) is 0 Å². The van der Waals surface area contributed by atoms with Gasteiger partial charge in [0.1, 0.15) is 6.29 Å². The van der Waals surface area contributed by atoms with E-state index in [0.717, 1.165) is 12.0 Å². The minimum absolute atomic E-state index is 0.509. The molecule has 13 heavy (non-hydrogen) atoms. The van der Waals surface area contributed by atoms with Crippen LogP contribution in [0.25, 0.3) is 4.85 Å². The van der Waals surface area contributed by atoms with E-state index in [2.05, 4.69) is 4.85 Å². The van der Waals surface area contributed by atoms with E-state index >= 15 is 0 Å². The Labute approximate surface area is 77.4 Å². The van der Waals surface area contributed by atoms with Crippen LogP contribution in [0.1, 0.15) is 10.4 Å². The van der Waals surface area contributed by atoms with Crippen LogP contribution in [0.2, 0.25) is 0 Å². The Kier molecular flexibility index (Phi) is 2.65. The molecule has 0 unspecified atom stereocenters. The van der Waals surface area contributed by atoms with Crippen LogP contribution in [-0.4, -0.2) is 20.4 Å². The zero-order valence-corrected chi connectivity index (χ0v) is 7.61. The second-order valence-electron chi connectivity index (χ2n) is 2.87. The Morgan fingerprint density at radius 3 is 2.62 bits per heavy atom. The monoisotopic (exact) mass is 174 g/mol. The zero-order chi connectivity index (χ0) is 9.84. The molecular formula is C10H10N2O. The predicted molar refractivity (Wildman–Crippen MR) is 52.4 cm³/mol. The van der Waals surface area contributed by atoms with Crippen LogP contribution in [0.5, 0.6) is 0 Å². The molecule has 0 N–H and O–H groups in total. The summed E-state index contributed by atoms with van der Waals surface area (Å²) < 4.78 is 0. The summed E-state index contributed by atoms with van der Waals surface area (Å²) in [6.45, 7) is 6.93. The Balaban J connectivity index is 3.25. The van der Waals surface area contributed by atoms with Crippen LogP contribution in [0, 0.1) is 6.57 Å². The topological polar surface area (TPSA) is 24.7 Å². The summed E-state index contributed by atoms with van der Waals surface area (Å²) in [5.41, 5.74) is 1.88. The highest BCUT2D eigenvalue weighted by Crippen LogP contribution is 2.27. The van der Waals surface area contributed by atoms with E-state index in [9.17, 15) is 4.79 Å². The zero-order valence-electron chi connectivity index (χ0n) is 7.61. The minimum Gasteiger partial charge on any atom is -0.386 e. The molecule has 0 amide bonds. The fraction of sp³-hybridized carbons (Fsp3) is 0.200. The third kappa shape index (κ3) is 1.85. The van der Waals surface area contributed by atoms with Gasteiger partial charge in [0, 0.05) is 25.3 Å². The Hall–Kier alpha value is -1.82. The molecule has 0 radical (unpaired) electrons. The van der Waals surface area contributed by atoms with Crippen LogP contribution in [0.3, 0.4) is 0 Å². The normalized spacial score (nSPS) is 9.00. The van der Waals surface area contributed by atoms with Crippen LogP contribution in [0.4, 0.5) is 11.4 Å². The molecule has 0 fully saturated rings. The van der Waals surface area contributed by atoms with Crippen molar-refractivity contribution in [2.45, 2.75) is 0 Å². The van der Waals surface area contributed by atoms with Crippen LogP contribution < -0.4 is 4.90 Å². The average molecular weight is 174 g/mol. The average Bonchev–Trinajstić information content (AvgIpc) is 2.16. The van der Waals surface area contributed by atoms with Gasteiger partial charge in [0.15, 0.2) is 0 Å². The largest absolute Gasteiger partial charge is 0.386 e. The number of hydrogen-bond donors (Lipinski definition) is 0. The van der Waals surface area contributed by atoms with Crippen LogP contribution >= 0.6 is 0 Å². The highest BCUT2D eigenvalue weighted by molar-refractivity contribution is 5.82. The van der Waals surface area contributed by atoms with Gasteiger partial charge in [-0.15, -0.1) is 0 Å². The smallest absolute Gasteiger partial charge is 0.210 e. The van der Waals surface area contributed by atoms with E-state index in [1.165, 1.54) is 0 Å². The minimum atomic E-state index is 0.509. The third-order valence-electron chi connectivity index (χ3n) is 1.74. The first-order valence-electron chi connectivity index (χ1n) is 3.83. The fourth-order valence-corrected chi connectivity index (χ4v) is 1.08. The highest BCUT2D eigenvalue weighted by Gasteiger charge is 2.04. The lowest BCUT2D eigenvalue weighted by Gasteiger charge is -2.14. The molecule has 0 aliphatic heterocycles. The summed E-state index contributed by atoms with van der Waals surface area (Å²) in [5, 5.41) is 0. The summed E-state index contributed by atoms with van der Waals surface area (Å²) >= 11 is 0. The molecule has 1 aromatic rings. The molecule has 0 atom stereocenters. The van der Waals surface area contributed by atoms with Gasteiger partial charge in [-0.3, -0.25) is 4.79 Å². The summed E-state index contributed by atoms with van der Waals surface area (Å²) in [6, 6.07) is 5.07. The van der Waals surface area contributed by atoms with E-state index < -0.39 is 0 Å². The summed E-state index contributed by atoms with van der Waals surface area (Å²) in [4.78, 5) is 15.6. The molecule has 0 aromatic heterocycles. The molecule has 0 saturated carbocycles. The molecule has 66 valence electrons. The highest BCUT2D eigenvalue weighted by atomic mass is 16.1. The maximum absolute atomic E-state index is 10.4. The summed E-state index contributed by atoms with van der Waals surface area (Å²) in [7, 11) is 3.73. The lowest BCUT2D eigenvalue weighted by atomic mass is 10.2. The fourth-order valence-electron chi connectivity index (χ4n) is 1.08. The van der Waals surface area contributed by atoms with Crippen molar-refractivity contribution in [1.29, 1.82) is 0 Å². The molecule has 0 heterocycles. The predicted octanol–water partition coefficient (Wildman–Crippen LogP) is 2.12. The lowest BCUT2D eigenvalue weighted by Crippen LogP contribution is -2.08. The first-order valence-corrected chi connectivity index (χ1v) is 3.83. The number of nitrogens with zero attached hydrogens (tertiary/aromatic N) is 2. The van der Waals surface area contributed by atoms with E-state index in [1.54, 1.807) is 18.2 Å². The van der Waals surface area contributed by atoms with E-state index in [4.69, 9.17) is 6.57 Å². The number of benzene rings is 1. The van der Waals surface area contributed by atoms with Crippen LogP contribution in [0.15, 0.2) is 18.2 Å². The SMILES string of the molecule is [C-]#[N+]c1cc(C=O)ccc1N(C)C. The number of aldehydes is 1. The standard InChI is InChI=1S/C10H10N2O/c1-11-9-6-8(7-13)4-5-10(9)12(2)3/h4-7H,2-3H3. The molecule has 1 aromatic carbocycles. The molecule has 1 rings (SSSR count). The van der Waals surface area contributed by atoms with Gasteiger partial charge in [0.2, 0.25) is 5.69 Å². The molecule has 3 heteroatoms. The van der Waals surface area contributed by atoms with Crippen molar-refractivity contribution >= 4 is 17.7 Å². The van der Waals surface area contributed by atoms with E-state index in [-0.39, 0.29) is 0 Å². The molecule has 0 saturated heterocycles. The summed E-state index contributed by atoms with van der Waals surface area (Å²) in [5.74, 6) is 0. The second-order valence-corrected chi connectivity index (χ2v) is 2.87. The number of carbonyl (C=O) groups is 1. The van der Waals surface area contributed by atoms with Gasteiger partial charge >= 0.3 is 0 Å². The first-order chi connectivity index (χ1) is 6.19. The van der Waals surface area contributed by atoms with Crippen molar-refractivity contribution in [3.05, 3.63) is 35.2 Å². The Morgan fingerprint density at radius 2 is 2.15 bits per heavy atom. The number of anilines is 1. The second kappa shape index (κ2) is 3.72. The lowest BCUT2D eigenvalue weighted by molar-refractivity contribution is 0.112. The summed E-state index contributed by atoms with van der Waals surface area (Å²) in [6.07, 6.45) is 0.744. The van der Waals surface area contributed by atoms with Gasteiger partial charge in [0.25, 0.3) is 0 Å². The Bertz CT molecular complexity index is 364. The Morgan fingerprint density at radius 1 is 1.46 bits per heavy atom. The number of rotatable bonds is 2. The maximum Gasteiger partial charge on any atom is 0.210 e. The van der Waals surface area contributed by atoms with Crippen LogP contribution in [-0.2, 0) is 0 Å². The molecule has 0 aliphatic rings. The van der Waals surface area contributed by atoms with Gasteiger partial charge in [-0.25, -0.2) is 4.85 Å². The molecule has 3 nitrogen and oxygen atoms in total. The van der Waals surface area contributed by atoms with Crippen molar-refractivity contribution < 1.29 is 4.79 Å². The van der Waals surface area contributed by atoms with Gasteiger partial charge in [-0.2, -0.15) is 0 Å². The van der Waals surface area contributed by atoms with Crippen molar-refractivity contribution in [2.75, 3.05) is 19.0 Å². The number of carbonyl (C=O) groups excluding carboxylic acids is 1. The number of hydrogen-bond acceptors (Lipinski definition) is 2. The first kappa shape index (κ1) is 9.27. The van der Waals surface area contributed by atoms with Gasteiger partial charge in [-0.05, 0) is 12.1 Å².